The van der Waals surface area contributed by atoms with Gasteiger partial charge in [0.15, 0.2) is 0 Å². The van der Waals surface area contributed by atoms with Crippen LogP contribution in [0.1, 0.15) is 56.1 Å². The van der Waals surface area contributed by atoms with Gasteiger partial charge in [0.05, 0.1) is 0 Å². The molecule has 7 aromatic rings. The van der Waals surface area contributed by atoms with E-state index in [4.69, 9.17) is 0 Å². The third kappa shape index (κ3) is 4.78. The van der Waals surface area contributed by atoms with E-state index in [1.807, 2.05) is 0 Å². The van der Waals surface area contributed by atoms with Gasteiger partial charge in [0.2, 0.25) is 0 Å². The van der Waals surface area contributed by atoms with Crippen molar-refractivity contribution >= 4 is 40.0 Å². The van der Waals surface area contributed by atoms with Crippen molar-refractivity contribution in [2.45, 2.75) is 50.4 Å². The van der Waals surface area contributed by atoms with E-state index in [1.54, 1.807) is 11.1 Å². The molecule has 1 heteroatoms. The molecule has 4 saturated carbocycles. The standard InChI is InChI=1S/C54H45N/c1-2-8-37(9-3-1)38-16-21-45(22-17-38)55(47-25-27-49-42(33-47)15-14-40-10-4-5-11-48(40)49)46-23-18-39(19-24-46)41-20-26-51-50-12-6-7-13-52(50)54(53(51)34-41)43-29-35-28-36(31-43)32-44(54)30-35/h1-3,6-27,33-36,43-44H,4-5,28-32H2. The zero-order chi connectivity index (χ0) is 36.1. The van der Waals surface area contributed by atoms with Gasteiger partial charge in [0.25, 0.3) is 0 Å². The van der Waals surface area contributed by atoms with E-state index in [-0.39, 0.29) is 5.41 Å². The Bertz CT molecular complexity index is 2730. The van der Waals surface area contributed by atoms with Crippen molar-refractivity contribution < 1.29 is 0 Å². The van der Waals surface area contributed by atoms with Crippen molar-refractivity contribution in [2.75, 3.05) is 4.90 Å². The molecular weight excluding hydrogens is 663 g/mol. The SMILES string of the molecule is C1=c2ccc3cc(N(c4ccc(-c5ccccc5)cc4)c4ccc(-c5ccc6c(c5)C5(c7ccccc7-6)C6CC7CC(C6)CC5C7)cc4)ccc3c2=CCC1. The van der Waals surface area contributed by atoms with Gasteiger partial charge >= 0.3 is 0 Å². The van der Waals surface area contributed by atoms with Crippen LogP contribution in [0.3, 0.4) is 0 Å². The summed E-state index contributed by atoms with van der Waals surface area (Å²) in [5.41, 5.74) is 15.0. The molecule has 6 aliphatic carbocycles. The minimum atomic E-state index is 0.184. The van der Waals surface area contributed by atoms with Gasteiger partial charge in [-0.2, -0.15) is 0 Å². The predicted octanol–water partition coefficient (Wildman–Crippen LogP) is 12.7. The van der Waals surface area contributed by atoms with Gasteiger partial charge in [-0.05, 0) is 177 Å². The minimum absolute atomic E-state index is 0.184. The summed E-state index contributed by atoms with van der Waals surface area (Å²) >= 11 is 0. The van der Waals surface area contributed by atoms with Gasteiger partial charge in [-0.3, -0.25) is 0 Å². The van der Waals surface area contributed by atoms with Crippen LogP contribution in [0.4, 0.5) is 17.1 Å². The molecule has 0 aliphatic heterocycles. The molecule has 266 valence electrons. The quantitative estimate of drug-likeness (QED) is 0.172. The number of benzene rings is 7. The molecule has 7 aromatic carbocycles. The molecule has 0 amide bonds. The molecule has 0 N–H and O–H groups in total. The number of hydrogen-bond donors (Lipinski definition) is 0. The fourth-order valence-electron chi connectivity index (χ4n) is 12.4. The fourth-order valence-corrected chi connectivity index (χ4v) is 12.4. The smallest absolute Gasteiger partial charge is 0.0468 e. The zero-order valence-corrected chi connectivity index (χ0v) is 31.3. The van der Waals surface area contributed by atoms with Crippen LogP contribution in [-0.4, -0.2) is 0 Å². The Morgan fingerprint density at radius 1 is 0.436 bits per heavy atom. The molecule has 0 radical (unpaired) electrons. The van der Waals surface area contributed by atoms with Crippen LogP contribution in [0.25, 0.3) is 56.3 Å². The van der Waals surface area contributed by atoms with Gasteiger partial charge in [-0.25, -0.2) is 0 Å². The van der Waals surface area contributed by atoms with Gasteiger partial charge in [0.1, 0.15) is 0 Å². The predicted molar refractivity (Wildman–Crippen MR) is 230 cm³/mol. The number of anilines is 3. The van der Waals surface area contributed by atoms with E-state index >= 15 is 0 Å². The Kier molecular flexibility index (Phi) is 7.01. The maximum absolute atomic E-state index is 2.62. The first-order valence-corrected chi connectivity index (χ1v) is 20.7. The van der Waals surface area contributed by atoms with Crippen molar-refractivity contribution in [3.8, 4) is 33.4 Å². The molecule has 1 nitrogen and oxygen atoms in total. The highest BCUT2D eigenvalue weighted by molar-refractivity contribution is 5.91. The number of fused-ring (bicyclic) bond motifs is 6. The largest absolute Gasteiger partial charge is 0.310 e. The molecular formula is C54H45N. The molecule has 4 bridgehead atoms. The maximum atomic E-state index is 2.62. The molecule has 0 aromatic heterocycles. The Labute approximate surface area is 324 Å². The number of rotatable bonds is 5. The fraction of sp³-hybridized carbons (Fsp3) is 0.222. The molecule has 0 atom stereocenters. The third-order valence-corrected chi connectivity index (χ3v) is 14.5. The Morgan fingerprint density at radius 2 is 1.04 bits per heavy atom. The van der Waals surface area contributed by atoms with E-state index in [1.165, 1.54) is 98.1 Å². The lowest BCUT2D eigenvalue weighted by Crippen LogP contribution is -2.55. The van der Waals surface area contributed by atoms with Crippen LogP contribution in [0.2, 0.25) is 0 Å². The van der Waals surface area contributed by atoms with Crippen LogP contribution in [0.5, 0.6) is 0 Å². The summed E-state index contributed by atoms with van der Waals surface area (Å²) in [4.78, 5) is 2.43. The topological polar surface area (TPSA) is 3.24 Å². The molecule has 6 aliphatic rings. The van der Waals surface area contributed by atoms with E-state index in [2.05, 4.69) is 169 Å². The Balaban J connectivity index is 0.952. The van der Waals surface area contributed by atoms with Crippen LogP contribution in [-0.2, 0) is 5.41 Å². The normalized spacial score (nSPS) is 23.9. The summed E-state index contributed by atoms with van der Waals surface area (Å²) in [6, 6.07) is 57.7. The van der Waals surface area contributed by atoms with Crippen molar-refractivity contribution in [1.29, 1.82) is 0 Å². The highest BCUT2D eigenvalue weighted by Gasteiger charge is 2.61. The van der Waals surface area contributed by atoms with Crippen LogP contribution >= 0.6 is 0 Å². The average molecular weight is 708 g/mol. The first-order chi connectivity index (χ1) is 27.2. The lowest BCUT2D eigenvalue weighted by molar-refractivity contribution is -0.0399. The van der Waals surface area contributed by atoms with E-state index in [0.717, 1.165) is 42.2 Å². The van der Waals surface area contributed by atoms with Crippen molar-refractivity contribution in [3.05, 3.63) is 173 Å². The van der Waals surface area contributed by atoms with Crippen LogP contribution in [0, 0.1) is 23.7 Å². The van der Waals surface area contributed by atoms with Gasteiger partial charge in [-0.15, -0.1) is 0 Å². The maximum Gasteiger partial charge on any atom is 0.0468 e. The first-order valence-electron chi connectivity index (χ1n) is 20.7. The monoisotopic (exact) mass is 707 g/mol. The second-order valence-corrected chi connectivity index (χ2v) is 17.2. The zero-order valence-electron chi connectivity index (χ0n) is 31.3. The molecule has 0 unspecified atom stereocenters. The summed E-state index contributed by atoms with van der Waals surface area (Å²) < 4.78 is 0. The number of nitrogens with zero attached hydrogens (tertiary/aromatic N) is 1. The highest BCUT2D eigenvalue weighted by Crippen LogP contribution is 2.69. The van der Waals surface area contributed by atoms with Crippen LogP contribution in [0.15, 0.2) is 152 Å². The summed E-state index contributed by atoms with van der Waals surface area (Å²) in [6.45, 7) is 0. The van der Waals surface area contributed by atoms with Gasteiger partial charge in [-0.1, -0.05) is 121 Å². The van der Waals surface area contributed by atoms with Gasteiger partial charge in [0, 0.05) is 22.5 Å². The van der Waals surface area contributed by atoms with E-state index in [9.17, 15) is 0 Å². The number of hydrogen-bond acceptors (Lipinski definition) is 1. The Morgan fingerprint density at radius 3 is 1.78 bits per heavy atom. The second kappa shape index (κ2) is 12.2. The molecule has 55 heavy (non-hydrogen) atoms. The molecule has 4 fully saturated rings. The average Bonchev–Trinajstić information content (AvgIpc) is 3.53. The molecule has 13 rings (SSSR count). The highest BCUT2D eigenvalue weighted by atomic mass is 15.1. The van der Waals surface area contributed by atoms with Crippen molar-refractivity contribution in [1.82, 2.24) is 0 Å². The van der Waals surface area contributed by atoms with Crippen molar-refractivity contribution in [3.63, 3.8) is 0 Å². The summed E-state index contributed by atoms with van der Waals surface area (Å²) in [5, 5.41) is 5.36. The minimum Gasteiger partial charge on any atom is -0.310 e. The van der Waals surface area contributed by atoms with E-state index < -0.39 is 0 Å². The summed E-state index contributed by atoms with van der Waals surface area (Å²) in [6.07, 6.45) is 14.2. The summed E-state index contributed by atoms with van der Waals surface area (Å²) in [7, 11) is 0. The lowest BCUT2D eigenvalue weighted by Gasteiger charge is -2.61. The lowest BCUT2D eigenvalue weighted by atomic mass is 9.43. The van der Waals surface area contributed by atoms with Gasteiger partial charge < -0.3 is 4.90 Å². The van der Waals surface area contributed by atoms with Crippen molar-refractivity contribution in [2.24, 2.45) is 23.7 Å². The third-order valence-electron chi connectivity index (χ3n) is 14.5. The first kappa shape index (κ1) is 31.7. The second-order valence-electron chi connectivity index (χ2n) is 17.2. The van der Waals surface area contributed by atoms with Crippen LogP contribution < -0.4 is 15.3 Å². The molecule has 0 heterocycles. The Hall–Kier alpha value is -5.66. The van der Waals surface area contributed by atoms with E-state index in [0.29, 0.717) is 0 Å². The molecule has 1 spiro atoms. The molecule has 0 saturated heterocycles. The summed E-state index contributed by atoms with van der Waals surface area (Å²) in [5.74, 6) is 3.44.